The molecule has 1 aliphatic heterocycles. The minimum Gasteiger partial charge on any atom is -0.378 e. The van der Waals surface area contributed by atoms with E-state index in [1.54, 1.807) is 0 Å². The maximum absolute atomic E-state index is 11.8. The summed E-state index contributed by atoms with van der Waals surface area (Å²) in [5.74, 6) is 0.457. The van der Waals surface area contributed by atoms with Gasteiger partial charge in [-0.3, -0.25) is 0 Å². The molecule has 1 aliphatic rings. The van der Waals surface area contributed by atoms with Gasteiger partial charge in [-0.2, -0.15) is 0 Å². The van der Waals surface area contributed by atoms with Gasteiger partial charge < -0.3 is 10.1 Å². The lowest BCUT2D eigenvalue weighted by molar-refractivity contribution is 0.0884. The molecule has 1 saturated heterocycles. The van der Waals surface area contributed by atoms with Crippen molar-refractivity contribution in [3.63, 3.8) is 0 Å². The summed E-state index contributed by atoms with van der Waals surface area (Å²) in [5.41, 5.74) is 0. The van der Waals surface area contributed by atoms with Crippen LogP contribution in [-0.2, 0) is 14.8 Å². The van der Waals surface area contributed by atoms with Crippen molar-refractivity contribution < 1.29 is 13.2 Å². The summed E-state index contributed by atoms with van der Waals surface area (Å²) in [7, 11) is -3.16. The van der Waals surface area contributed by atoms with Crippen LogP contribution in [0.3, 0.4) is 0 Å². The second kappa shape index (κ2) is 7.43. The first-order valence-electron chi connectivity index (χ1n) is 6.77. The van der Waals surface area contributed by atoms with E-state index < -0.39 is 10.0 Å². The Hall–Kier alpha value is -0.170. The average molecular weight is 278 g/mol. The average Bonchev–Trinajstić information content (AvgIpc) is 2.73. The van der Waals surface area contributed by atoms with Crippen LogP contribution in [0.1, 0.15) is 33.6 Å². The van der Waals surface area contributed by atoms with Crippen molar-refractivity contribution in [2.24, 2.45) is 5.92 Å². The molecule has 0 spiro atoms. The number of ether oxygens (including phenoxy) is 1. The fraction of sp³-hybridized carbons (Fsp3) is 1.00. The minimum atomic E-state index is -3.16. The maximum atomic E-state index is 11.8. The summed E-state index contributed by atoms with van der Waals surface area (Å²) in [6.45, 7) is 7.82. The lowest BCUT2D eigenvalue weighted by Crippen LogP contribution is -2.37. The van der Waals surface area contributed by atoms with Gasteiger partial charge in [-0.1, -0.05) is 20.8 Å². The molecule has 0 bridgehead atoms. The SMILES string of the molecule is CCC1OCCC1CNS(=O)(=O)CCNC(C)C. The zero-order valence-electron chi connectivity index (χ0n) is 11.6. The third-order valence-corrected chi connectivity index (χ3v) is 4.59. The zero-order valence-corrected chi connectivity index (χ0v) is 12.4. The van der Waals surface area contributed by atoms with E-state index in [0.29, 0.717) is 25.0 Å². The molecule has 2 atom stereocenters. The highest BCUT2D eigenvalue weighted by Gasteiger charge is 2.27. The number of nitrogens with one attached hydrogen (secondary N) is 2. The van der Waals surface area contributed by atoms with E-state index in [-0.39, 0.29) is 11.9 Å². The highest BCUT2D eigenvalue weighted by Crippen LogP contribution is 2.22. The summed E-state index contributed by atoms with van der Waals surface area (Å²) < 4.78 is 31.8. The number of hydrogen-bond acceptors (Lipinski definition) is 4. The van der Waals surface area contributed by atoms with E-state index in [0.717, 1.165) is 19.4 Å². The van der Waals surface area contributed by atoms with Crippen LogP contribution in [0.2, 0.25) is 0 Å². The van der Waals surface area contributed by atoms with Crippen molar-refractivity contribution in [2.75, 3.05) is 25.4 Å². The summed E-state index contributed by atoms with van der Waals surface area (Å²) in [6.07, 6.45) is 2.11. The molecule has 0 aromatic heterocycles. The Balaban J connectivity index is 2.28. The topological polar surface area (TPSA) is 67.4 Å². The molecule has 0 radical (unpaired) electrons. The fourth-order valence-electron chi connectivity index (χ4n) is 2.17. The predicted octanol–water partition coefficient (Wildman–Crippen LogP) is 0.719. The third-order valence-electron chi connectivity index (χ3n) is 3.24. The highest BCUT2D eigenvalue weighted by atomic mass is 32.2. The molecule has 6 heteroatoms. The highest BCUT2D eigenvalue weighted by molar-refractivity contribution is 7.89. The van der Waals surface area contributed by atoms with Crippen molar-refractivity contribution in [2.45, 2.75) is 45.8 Å². The van der Waals surface area contributed by atoms with Gasteiger partial charge in [-0.25, -0.2) is 13.1 Å². The minimum absolute atomic E-state index is 0.134. The van der Waals surface area contributed by atoms with Gasteiger partial charge >= 0.3 is 0 Å². The summed E-state index contributed by atoms with van der Waals surface area (Å²) >= 11 is 0. The molecule has 0 saturated carbocycles. The van der Waals surface area contributed by atoms with Crippen LogP contribution < -0.4 is 10.0 Å². The van der Waals surface area contributed by atoms with Gasteiger partial charge in [0.15, 0.2) is 0 Å². The van der Waals surface area contributed by atoms with Crippen LogP contribution in [0.5, 0.6) is 0 Å². The molecule has 2 unspecified atom stereocenters. The molecule has 2 N–H and O–H groups in total. The summed E-state index contributed by atoms with van der Waals surface area (Å²) in [4.78, 5) is 0. The molecular weight excluding hydrogens is 252 g/mol. The largest absolute Gasteiger partial charge is 0.378 e. The summed E-state index contributed by atoms with van der Waals surface area (Å²) in [5, 5.41) is 3.11. The molecule has 1 heterocycles. The van der Waals surface area contributed by atoms with Crippen molar-refractivity contribution in [1.29, 1.82) is 0 Å². The zero-order chi connectivity index (χ0) is 13.6. The van der Waals surface area contributed by atoms with Crippen molar-refractivity contribution in [3.05, 3.63) is 0 Å². The molecule has 1 rings (SSSR count). The Kier molecular flexibility index (Phi) is 6.55. The van der Waals surface area contributed by atoms with Gasteiger partial charge in [0.25, 0.3) is 0 Å². The maximum Gasteiger partial charge on any atom is 0.212 e. The first kappa shape index (κ1) is 15.9. The first-order valence-corrected chi connectivity index (χ1v) is 8.42. The van der Waals surface area contributed by atoms with Crippen molar-refractivity contribution in [1.82, 2.24) is 10.0 Å². The Labute approximate surface area is 111 Å². The van der Waals surface area contributed by atoms with E-state index in [1.165, 1.54) is 0 Å². The lowest BCUT2D eigenvalue weighted by Gasteiger charge is -2.17. The van der Waals surface area contributed by atoms with Crippen LogP contribution >= 0.6 is 0 Å². The Bertz CT molecular complexity index is 330. The van der Waals surface area contributed by atoms with Gasteiger partial charge in [0.1, 0.15) is 0 Å². The van der Waals surface area contributed by atoms with Crippen LogP contribution in [0.25, 0.3) is 0 Å². The first-order chi connectivity index (χ1) is 8.44. The second-order valence-corrected chi connectivity index (χ2v) is 7.07. The predicted molar refractivity (Wildman–Crippen MR) is 73.1 cm³/mol. The molecule has 5 nitrogen and oxygen atoms in total. The van der Waals surface area contributed by atoms with E-state index in [4.69, 9.17) is 4.74 Å². The Morgan fingerprint density at radius 3 is 2.72 bits per heavy atom. The fourth-order valence-corrected chi connectivity index (χ4v) is 3.16. The Morgan fingerprint density at radius 1 is 1.39 bits per heavy atom. The van der Waals surface area contributed by atoms with Gasteiger partial charge in [0.05, 0.1) is 11.9 Å². The van der Waals surface area contributed by atoms with E-state index in [1.807, 2.05) is 13.8 Å². The van der Waals surface area contributed by atoms with Crippen LogP contribution in [0.15, 0.2) is 0 Å². The Morgan fingerprint density at radius 2 is 2.11 bits per heavy atom. The van der Waals surface area contributed by atoms with Gasteiger partial charge in [0.2, 0.25) is 10.0 Å². The van der Waals surface area contributed by atoms with E-state index >= 15 is 0 Å². The van der Waals surface area contributed by atoms with Crippen molar-refractivity contribution >= 4 is 10.0 Å². The van der Waals surface area contributed by atoms with Gasteiger partial charge in [0, 0.05) is 31.7 Å². The quantitative estimate of drug-likeness (QED) is 0.686. The molecule has 1 fully saturated rings. The van der Waals surface area contributed by atoms with Crippen LogP contribution in [-0.4, -0.2) is 46.0 Å². The number of hydrogen-bond donors (Lipinski definition) is 2. The third kappa shape index (κ3) is 5.65. The normalized spacial score (nSPS) is 24.9. The van der Waals surface area contributed by atoms with E-state index in [9.17, 15) is 8.42 Å². The monoisotopic (exact) mass is 278 g/mol. The molecule has 18 heavy (non-hydrogen) atoms. The molecule has 108 valence electrons. The molecule has 0 amide bonds. The lowest BCUT2D eigenvalue weighted by atomic mass is 10.0. The van der Waals surface area contributed by atoms with Gasteiger partial charge in [-0.15, -0.1) is 0 Å². The standard InChI is InChI=1S/C12H26N2O3S/c1-4-12-11(5-7-17-12)9-14-18(15,16)8-6-13-10(2)3/h10-14H,4-9H2,1-3H3. The molecule has 0 aliphatic carbocycles. The number of sulfonamides is 1. The van der Waals surface area contributed by atoms with Crippen LogP contribution in [0, 0.1) is 5.92 Å². The van der Waals surface area contributed by atoms with Gasteiger partial charge in [-0.05, 0) is 12.8 Å². The second-order valence-electron chi connectivity index (χ2n) is 5.14. The molecule has 0 aromatic rings. The molecule has 0 aromatic carbocycles. The van der Waals surface area contributed by atoms with E-state index in [2.05, 4.69) is 17.0 Å². The number of rotatable bonds is 8. The van der Waals surface area contributed by atoms with Crippen LogP contribution in [0.4, 0.5) is 0 Å². The van der Waals surface area contributed by atoms with Crippen molar-refractivity contribution in [3.8, 4) is 0 Å². The summed E-state index contributed by atoms with van der Waals surface area (Å²) in [6, 6.07) is 0.313. The molecular formula is C12H26N2O3S. The smallest absolute Gasteiger partial charge is 0.212 e.